The molecule has 1 saturated carbocycles. The lowest BCUT2D eigenvalue weighted by Crippen LogP contribution is -2.43. The highest BCUT2D eigenvalue weighted by Gasteiger charge is 2.52. The zero-order chi connectivity index (χ0) is 14.3. The lowest BCUT2D eigenvalue weighted by molar-refractivity contribution is -0.137. The average Bonchev–Trinajstić information content (AvgIpc) is 3.18. The molecule has 3 fully saturated rings. The van der Waals surface area contributed by atoms with Gasteiger partial charge in [-0.2, -0.15) is 0 Å². The van der Waals surface area contributed by atoms with Crippen molar-refractivity contribution in [1.29, 1.82) is 0 Å². The number of carbonyl (C=O) groups is 1. The Kier molecular flexibility index (Phi) is 3.26. The Hall–Kier alpha value is -1.35. The lowest BCUT2D eigenvalue weighted by atomic mass is 9.94. The number of nitrogens with zero attached hydrogens (tertiary/aromatic N) is 1. The summed E-state index contributed by atoms with van der Waals surface area (Å²) in [4.78, 5) is 15.2. The first kappa shape index (κ1) is 13.3. The maximum atomic E-state index is 13.0. The van der Waals surface area contributed by atoms with Crippen molar-refractivity contribution in [1.82, 2.24) is 10.2 Å². The Morgan fingerprint density at radius 1 is 1.14 bits per heavy atom. The van der Waals surface area contributed by atoms with Crippen LogP contribution in [0.15, 0.2) is 30.3 Å². The zero-order valence-electron chi connectivity index (χ0n) is 12.6. The van der Waals surface area contributed by atoms with Crippen LogP contribution in [-0.4, -0.2) is 36.0 Å². The van der Waals surface area contributed by atoms with Crippen LogP contribution in [0.4, 0.5) is 0 Å². The van der Waals surface area contributed by atoms with E-state index >= 15 is 0 Å². The van der Waals surface area contributed by atoms with Gasteiger partial charge in [-0.1, -0.05) is 30.3 Å². The molecule has 2 saturated heterocycles. The van der Waals surface area contributed by atoms with Gasteiger partial charge in [0.15, 0.2) is 0 Å². The number of fused-ring (bicyclic) bond motifs is 2. The van der Waals surface area contributed by atoms with Crippen LogP contribution >= 0.6 is 0 Å². The SMILES string of the molecule is O=C(N1CCC2CCC(C1)N2)C1(Cc2ccccc2)CC1. The summed E-state index contributed by atoms with van der Waals surface area (Å²) in [6.45, 7) is 1.87. The van der Waals surface area contributed by atoms with E-state index in [1.165, 1.54) is 18.4 Å². The monoisotopic (exact) mass is 284 g/mol. The Labute approximate surface area is 126 Å². The molecule has 2 atom stereocenters. The van der Waals surface area contributed by atoms with Crippen molar-refractivity contribution in [3.05, 3.63) is 35.9 Å². The summed E-state index contributed by atoms with van der Waals surface area (Å²) in [5.41, 5.74) is 1.23. The molecular weight excluding hydrogens is 260 g/mol. The Morgan fingerprint density at radius 3 is 2.67 bits per heavy atom. The molecule has 2 bridgehead atoms. The van der Waals surface area contributed by atoms with Crippen molar-refractivity contribution in [2.24, 2.45) is 5.41 Å². The van der Waals surface area contributed by atoms with Gasteiger partial charge in [-0.25, -0.2) is 0 Å². The first-order chi connectivity index (χ1) is 10.3. The first-order valence-corrected chi connectivity index (χ1v) is 8.35. The molecule has 1 N–H and O–H groups in total. The molecule has 21 heavy (non-hydrogen) atoms. The molecule has 1 aliphatic carbocycles. The van der Waals surface area contributed by atoms with Crippen molar-refractivity contribution in [3.8, 4) is 0 Å². The van der Waals surface area contributed by atoms with Crippen LogP contribution in [0, 0.1) is 5.41 Å². The average molecular weight is 284 g/mol. The van der Waals surface area contributed by atoms with E-state index in [2.05, 4.69) is 34.5 Å². The summed E-state index contributed by atoms with van der Waals surface area (Å²) >= 11 is 0. The number of rotatable bonds is 3. The first-order valence-electron chi connectivity index (χ1n) is 8.35. The summed E-state index contributed by atoms with van der Waals surface area (Å²) in [7, 11) is 0. The molecule has 2 unspecified atom stereocenters. The maximum absolute atomic E-state index is 13.0. The number of likely N-dealkylation sites (tertiary alicyclic amines) is 1. The molecule has 1 aromatic rings. The molecule has 2 heterocycles. The molecular formula is C18H24N2O. The van der Waals surface area contributed by atoms with Crippen LogP contribution in [0.3, 0.4) is 0 Å². The summed E-state index contributed by atoms with van der Waals surface area (Å²) in [6, 6.07) is 11.7. The van der Waals surface area contributed by atoms with E-state index in [0.717, 1.165) is 38.8 Å². The van der Waals surface area contributed by atoms with Gasteiger partial charge in [-0.15, -0.1) is 0 Å². The second-order valence-corrected chi connectivity index (χ2v) is 7.12. The molecule has 3 nitrogen and oxygen atoms in total. The molecule has 0 aromatic heterocycles. The van der Waals surface area contributed by atoms with Gasteiger partial charge in [0.2, 0.25) is 5.91 Å². The minimum absolute atomic E-state index is 0.0784. The molecule has 3 heteroatoms. The van der Waals surface area contributed by atoms with Gasteiger partial charge < -0.3 is 10.2 Å². The van der Waals surface area contributed by atoms with E-state index in [4.69, 9.17) is 0 Å². The van der Waals surface area contributed by atoms with Crippen molar-refractivity contribution >= 4 is 5.91 Å². The van der Waals surface area contributed by atoms with Gasteiger partial charge in [0.25, 0.3) is 0 Å². The molecule has 0 radical (unpaired) electrons. The van der Waals surface area contributed by atoms with Crippen LogP contribution in [-0.2, 0) is 11.2 Å². The van der Waals surface area contributed by atoms with Crippen molar-refractivity contribution in [2.45, 2.75) is 50.6 Å². The predicted molar refractivity (Wildman–Crippen MR) is 83.0 cm³/mol. The maximum Gasteiger partial charge on any atom is 0.229 e. The standard InChI is InChI=1S/C18H24N2O/c21-17(20-11-8-15-6-7-16(13-20)19-15)18(9-10-18)12-14-4-2-1-3-5-14/h1-5,15-16,19H,6-13H2. The smallest absolute Gasteiger partial charge is 0.229 e. The van der Waals surface area contributed by atoms with Crippen LogP contribution in [0.1, 0.15) is 37.7 Å². The number of hydrogen-bond donors (Lipinski definition) is 1. The fourth-order valence-electron chi connectivity index (χ4n) is 4.07. The normalized spacial score (nSPS) is 30.0. The second-order valence-electron chi connectivity index (χ2n) is 7.12. The molecule has 1 amide bonds. The number of benzene rings is 1. The summed E-state index contributed by atoms with van der Waals surface area (Å²) < 4.78 is 0. The van der Waals surface area contributed by atoms with E-state index < -0.39 is 0 Å². The fourth-order valence-corrected chi connectivity index (χ4v) is 4.07. The lowest BCUT2D eigenvalue weighted by Gasteiger charge is -2.28. The molecule has 0 spiro atoms. The van der Waals surface area contributed by atoms with Crippen LogP contribution < -0.4 is 5.32 Å². The number of carbonyl (C=O) groups excluding carboxylic acids is 1. The van der Waals surface area contributed by atoms with Gasteiger partial charge in [-0.05, 0) is 44.1 Å². The van der Waals surface area contributed by atoms with E-state index in [0.29, 0.717) is 18.0 Å². The third-order valence-electron chi connectivity index (χ3n) is 5.50. The Morgan fingerprint density at radius 2 is 1.90 bits per heavy atom. The van der Waals surface area contributed by atoms with Crippen molar-refractivity contribution in [2.75, 3.05) is 13.1 Å². The highest BCUT2D eigenvalue weighted by molar-refractivity contribution is 5.85. The molecule has 4 rings (SSSR count). The van der Waals surface area contributed by atoms with Crippen molar-refractivity contribution in [3.63, 3.8) is 0 Å². The van der Waals surface area contributed by atoms with E-state index in [1.54, 1.807) is 0 Å². The summed E-state index contributed by atoms with van der Waals surface area (Å²) in [5, 5.41) is 3.67. The molecule has 112 valence electrons. The molecule has 3 aliphatic rings. The minimum Gasteiger partial charge on any atom is -0.341 e. The molecule has 1 aromatic carbocycles. The predicted octanol–water partition coefficient (Wildman–Crippen LogP) is 2.36. The van der Waals surface area contributed by atoms with Gasteiger partial charge in [0, 0.05) is 25.2 Å². The summed E-state index contributed by atoms with van der Waals surface area (Å²) in [6.07, 6.45) is 6.72. The van der Waals surface area contributed by atoms with Crippen LogP contribution in [0.25, 0.3) is 0 Å². The number of amides is 1. The number of hydrogen-bond acceptors (Lipinski definition) is 2. The van der Waals surface area contributed by atoms with Gasteiger partial charge >= 0.3 is 0 Å². The van der Waals surface area contributed by atoms with E-state index in [9.17, 15) is 4.79 Å². The van der Waals surface area contributed by atoms with E-state index in [1.807, 2.05) is 6.07 Å². The van der Waals surface area contributed by atoms with Gasteiger partial charge in [-0.3, -0.25) is 4.79 Å². The third kappa shape index (κ3) is 2.59. The molecule has 2 aliphatic heterocycles. The summed E-state index contributed by atoms with van der Waals surface area (Å²) in [5.74, 6) is 0.417. The Bertz CT molecular complexity index is 523. The largest absolute Gasteiger partial charge is 0.341 e. The van der Waals surface area contributed by atoms with Crippen LogP contribution in [0.2, 0.25) is 0 Å². The quantitative estimate of drug-likeness (QED) is 0.924. The van der Waals surface area contributed by atoms with Gasteiger partial charge in [0.05, 0.1) is 5.41 Å². The highest BCUT2D eigenvalue weighted by Crippen LogP contribution is 2.50. The minimum atomic E-state index is -0.0784. The van der Waals surface area contributed by atoms with Crippen molar-refractivity contribution < 1.29 is 4.79 Å². The highest BCUT2D eigenvalue weighted by atomic mass is 16.2. The van der Waals surface area contributed by atoms with Gasteiger partial charge in [0.1, 0.15) is 0 Å². The fraction of sp³-hybridized carbons (Fsp3) is 0.611. The number of nitrogens with one attached hydrogen (secondary N) is 1. The second kappa shape index (κ2) is 5.13. The zero-order valence-corrected chi connectivity index (χ0v) is 12.6. The van der Waals surface area contributed by atoms with Crippen LogP contribution in [0.5, 0.6) is 0 Å². The Balaban J connectivity index is 1.46. The van der Waals surface area contributed by atoms with E-state index in [-0.39, 0.29) is 5.41 Å². The third-order valence-corrected chi connectivity index (χ3v) is 5.50. The topological polar surface area (TPSA) is 32.3 Å².